The van der Waals surface area contributed by atoms with Crippen molar-refractivity contribution in [3.63, 3.8) is 0 Å². The number of halogens is 1. The zero-order valence-corrected chi connectivity index (χ0v) is 21.4. The first kappa shape index (κ1) is 24.6. The van der Waals surface area contributed by atoms with E-state index in [-0.39, 0.29) is 11.9 Å². The lowest BCUT2D eigenvalue weighted by atomic mass is 9.84. The smallest absolute Gasteiger partial charge is 0.289 e. The first-order valence-electron chi connectivity index (χ1n) is 12.2. The second-order valence-electron chi connectivity index (χ2n) is 9.33. The van der Waals surface area contributed by atoms with Crippen molar-refractivity contribution in [2.45, 2.75) is 59.2 Å². The van der Waals surface area contributed by atoms with Crippen molar-refractivity contribution >= 4 is 17.5 Å². The standard InChI is InChI=1S/C27H35ClN4O2/c1-5-32-20(3)23(19(2)29-32)18-31-14-12-21(13-15-31)25(17-22-9-6-7-10-24(22)28)30(4)27(33)26-11-8-16-34-26/h6-11,16,21,25H,5,12-15,17-18H2,1-4H3/t25-/m1/s1. The molecule has 182 valence electrons. The molecule has 34 heavy (non-hydrogen) atoms. The third-order valence-corrected chi connectivity index (χ3v) is 7.69. The molecule has 0 saturated carbocycles. The summed E-state index contributed by atoms with van der Waals surface area (Å²) in [4.78, 5) is 17.5. The van der Waals surface area contributed by atoms with Crippen molar-refractivity contribution in [3.05, 3.63) is 76.0 Å². The molecule has 1 aromatic carbocycles. The topological polar surface area (TPSA) is 54.5 Å². The third kappa shape index (κ3) is 5.23. The summed E-state index contributed by atoms with van der Waals surface area (Å²) in [6.07, 6.45) is 4.35. The summed E-state index contributed by atoms with van der Waals surface area (Å²) in [5, 5.41) is 5.44. The van der Waals surface area contributed by atoms with Crippen LogP contribution in [-0.2, 0) is 19.5 Å². The van der Waals surface area contributed by atoms with Crippen LogP contribution in [0, 0.1) is 19.8 Å². The Hall–Kier alpha value is -2.57. The largest absolute Gasteiger partial charge is 0.459 e. The van der Waals surface area contributed by atoms with Crippen LogP contribution in [0.3, 0.4) is 0 Å². The Morgan fingerprint density at radius 3 is 2.56 bits per heavy atom. The van der Waals surface area contributed by atoms with E-state index in [1.165, 1.54) is 11.3 Å². The highest BCUT2D eigenvalue weighted by molar-refractivity contribution is 6.31. The number of amides is 1. The maximum atomic E-state index is 13.2. The number of rotatable bonds is 8. The molecule has 1 atom stereocenters. The fourth-order valence-corrected chi connectivity index (χ4v) is 5.44. The van der Waals surface area contributed by atoms with Crippen molar-refractivity contribution in [1.82, 2.24) is 19.6 Å². The molecule has 1 saturated heterocycles. The van der Waals surface area contributed by atoms with Gasteiger partial charge in [0.1, 0.15) is 0 Å². The summed E-state index contributed by atoms with van der Waals surface area (Å²) in [7, 11) is 1.89. The SMILES string of the molecule is CCn1nc(C)c(CN2CCC([C@@H](Cc3ccccc3Cl)N(C)C(=O)c3ccco3)CC2)c1C. The molecule has 0 radical (unpaired) electrons. The number of aromatic nitrogens is 2. The summed E-state index contributed by atoms with van der Waals surface area (Å²) in [6, 6.07) is 11.5. The van der Waals surface area contributed by atoms with Gasteiger partial charge in [0.15, 0.2) is 5.76 Å². The maximum absolute atomic E-state index is 13.2. The number of aryl methyl sites for hydroxylation is 2. The second-order valence-corrected chi connectivity index (χ2v) is 9.74. The number of piperidine rings is 1. The van der Waals surface area contributed by atoms with Gasteiger partial charge in [0, 0.05) is 42.5 Å². The Morgan fingerprint density at radius 1 is 1.21 bits per heavy atom. The van der Waals surface area contributed by atoms with Gasteiger partial charge in [-0.1, -0.05) is 29.8 Å². The minimum absolute atomic E-state index is 0.0472. The van der Waals surface area contributed by atoms with Gasteiger partial charge in [0.25, 0.3) is 5.91 Å². The molecule has 0 aliphatic carbocycles. The minimum atomic E-state index is -0.0808. The number of hydrogen-bond donors (Lipinski definition) is 0. The zero-order valence-electron chi connectivity index (χ0n) is 20.6. The van der Waals surface area contributed by atoms with Crippen molar-refractivity contribution in [2.24, 2.45) is 5.92 Å². The van der Waals surface area contributed by atoms with Gasteiger partial charge in [-0.05, 0) is 82.8 Å². The average molecular weight is 483 g/mol. The minimum Gasteiger partial charge on any atom is -0.459 e. The van der Waals surface area contributed by atoms with E-state index >= 15 is 0 Å². The van der Waals surface area contributed by atoms with Gasteiger partial charge in [-0.3, -0.25) is 14.4 Å². The second kappa shape index (κ2) is 10.8. The van der Waals surface area contributed by atoms with Gasteiger partial charge in [0.2, 0.25) is 0 Å². The molecular weight excluding hydrogens is 448 g/mol. The molecule has 4 rings (SSSR count). The highest BCUT2D eigenvalue weighted by Gasteiger charge is 2.33. The zero-order chi connectivity index (χ0) is 24.2. The normalized spacial score (nSPS) is 16.0. The van der Waals surface area contributed by atoms with Gasteiger partial charge >= 0.3 is 0 Å². The van der Waals surface area contributed by atoms with E-state index < -0.39 is 0 Å². The van der Waals surface area contributed by atoms with E-state index in [2.05, 4.69) is 41.5 Å². The summed E-state index contributed by atoms with van der Waals surface area (Å²) in [5.41, 5.74) is 4.82. The number of nitrogens with zero attached hydrogens (tertiary/aromatic N) is 4. The van der Waals surface area contributed by atoms with Crippen LogP contribution in [0.25, 0.3) is 0 Å². The van der Waals surface area contributed by atoms with Crippen LogP contribution >= 0.6 is 11.6 Å². The van der Waals surface area contributed by atoms with Gasteiger partial charge < -0.3 is 9.32 Å². The van der Waals surface area contributed by atoms with Crippen LogP contribution in [-0.4, -0.2) is 51.7 Å². The van der Waals surface area contributed by atoms with E-state index in [0.29, 0.717) is 11.7 Å². The number of likely N-dealkylation sites (tertiary alicyclic amines) is 1. The van der Waals surface area contributed by atoms with Crippen molar-refractivity contribution in [1.29, 1.82) is 0 Å². The maximum Gasteiger partial charge on any atom is 0.289 e. The Morgan fingerprint density at radius 2 is 1.94 bits per heavy atom. The molecular formula is C27H35ClN4O2. The molecule has 0 unspecified atom stereocenters. The number of carbonyl (C=O) groups excluding carboxylic acids is 1. The molecule has 3 aromatic rings. The number of hydrogen-bond acceptors (Lipinski definition) is 4. The number of carbonyl (C=O) groups is 1. The summed E-state index contributed by atoms with van der Waals surface area (Å²) < 4.78 is 7.50. The Balaban J connectivity index is 1.48. The van der Waals surface area contributed by atoms with E-state index in [9.17, 15) is 4.79 Å². The summed E-state index contributed by atoms with van der Waals surface area (Å²) >= 11 is 6.51. The fraction of sp³-hybridized carbons (Fsp3) is 0.481. The first-order chi connectivity index (χ1) is 16.4. The first-order valence-corrected chi connectivity index (χ1v) is 12.6. The molecule has 1 fully saturated rings. The molecule has 0 N–H and O–H groups in total. The van der Waals surface area contributed by atoms with Gasteiger partial charge in [-0.15, -0.1) is 0 Å². The number of furan rings is 1. The van der Waals surface area contributed by atoms with E-state index in [1.54, 1.807) is 18.4 Å². The highest BCUT2D eigenvalue weighted by atomic mass is 35.5. The number of benzene rings is 1. The third-order valence-electron chi connectivity index (χ3n) is 7.33. The van der Waals surface area contributed by atoms with Crippen LogP contribution in [0.2, 0.25) is 5.02 Å². The van der Waals surface area contributed by atoms with E-state index in [1.807, 2.05) is 30.1 Å². The van der Waals surface area contributed by atoms with Crippen LogP contribution in [0.4, 0.5) is 0 Å². The molecule has 1 aliphatic heterocycles. The number of likely N-dealkylation sites (N-methyl/N-ethyl adjacent to an activating group) is 1. The highest BCUT2D eigenvalue weighted by Crippen LogP contribution is 2.30. The molecule has 6 nitrogen and oxygen atoms in total. The predicted molar refractivity (Wildman–Crippen MR) is 135 cm³/mol. The Kier molecular flexibility index (Phi) is 7.79. The van der Waals surface area contributed by atoms with Crippen molar-refractivity contribution < 1.29 is 9.21 Å². The lowest BCUT2D eigenvalue weighted by molar-refractivity contribution is 0.0556. The fourth-order valence-electron chi connectivity index (χ4n) is 5.22. The van der Waals surface area contributed by atoms with E-state index in [4.69, 9.17) is 16.0 Å². The van der Waals surface area contributed by atoms with E-state index in [0.717, 1.165) is 61.7 Å². The van der Waals surface area contributed by atoms with Crippen LogP contribution in [0.1, 0.15) is 52.8 Å². The van der Waals surface area contributed by atoms with Crippen molar-refractivity contribution in [3.8, 4) is 0 Å². The molecule has 3 heterocycles. The lowest BCUT2D eigenvalue weighted by Gasteiger charge is -2.40. The lowest BCUT2D eigenvalue weighted by Crippen LogP contribution is -2.47. The Bertz CT molecular complexity index is 1100. The summed E-state index contributed by atoms with van der Waals surface area (Å²) in [5.74, 6) is 0.683. The van der Waals surface area contributed by atoms with Crippen molar-refractivity contribution in [2.75, 3.05) is 20.1 Å². The van der Waals surface area contributed by atoms with Crippen LogP contribution in [0.5, 0.6) is 0 Å². The van der Waals surface area contributed by atoms with Crippen LogP contribution in [0.15, 0.2) is 47.1 Å². The predicted octanol–water partition coefficient (Wildman–Crippen LogP) is 5.36. The molecule has 1 aliphatic rings. The van der Waals surface area contributed by atoms with Crippen LogP contribution < -0.4 is 0 Å². The summed E-state index contributed by atoms with van der Waals surface area (Å²) in [6.45, 7) is 10.2. The van der Waals surface area contributed by atoms with Gasteiger partial charge in [-0.25, -0.2) is 0 Å². The monoisotopic (exact) mass is 482 g/mol. The Labute approximate surface area is 207 Å². The average Bonchev–Trinajstić information content (AvgIpc) is 3.48. The quantitative estimate of drug-likeness (QED) is 0.433. The molecule has 1 amide bonds. The molecule has 7 heteroatoms. The van der Waals surface area contributed by atoms with Gasteiger partial charge in [0.05, 0.1) is 12.0 Å². The molecule has 0 bridgehead atoms. The molecule has 0 spiro atoms. The van der Waals surface area contributed by atoms with Gasteiger partial charge in [-0.2, -0.15) is 5.10 Å². The molecule has 2 aromatic heterocycles.